The highest BCUT2D eigenvalue weighted by Gasteiger charge is 2.17. The molecular weight excluding hydrogens is 420 g/mol. The Labute approximate surface area is 192 Å². The van der Waals surface area contributed by atoms with Gasteiger partial charge >= 0.3 is 5.97 Å². The second-order valence-electron chi connectivity index (χ2n) is 8.76. The minimum atomic E-state index is -0.483. The molecule has 1 heterocycles. The van der Waals surface area contributed by atoms with E-state index in [0.29, 0.717) is 33.8 Å². The molecule has 2 aromatic carbocycles. The molecule has 0 aliphatic heterocycles. The highest BCUT2D eigenvalue weighted by atomic mass is 16.5. The lowest BCUT2D eigenvalue weighted by Crippen LogP contribution is -2.23. The molecule has 33 heavy (non-hydrogen) atoms. The average molecular weight is 449 g/mol. The van der Waals surface area contributed by atoms with Crippen LogP contribution in [0.1, 0.15) is 65.2 Å². The highest BCUT2D eigenvalue weighted by molar-refractivity contribution is 6.01. The Morgan fingerprint density at radius 1 is 1.00 bits per heavy atom. The van der Waals surface area contributed by atoms with Gasteiger partial charge in [-0.25, -0.2) is 14.9 Å². The van der Waals surface area contributed by atoms with Crippen LogP contribution in [0.5, 0.6) is 0 Å². The third kappa shape index (κ3) is 5.11. The first-order valence-corrected chi connectivity index (χ1v) is 10.5. The Bertz CT molecular complexity index is 1260. The lowest BCUT2D eigenvalue weighted by atomic mass is 9.87. The van der Waals surface area contributed by atoms with E-state index in [2.05, 4.69) is 41.1 Å². The van der Waals surface area contributed by atoms with Gasteiger partial charge in [-0.3, -0.25) is 14.7 Å². The van der Waals surface area contributed by atoms with Crippen molar-refractivity contribution >= 4 is 17.6 Å². The van der Waals surface area contributed by atoms with Crippen LogP contribution in [0.3, 0.4) is 0 Å². The van der Waals surface area contributed by atoms with Gasteiger partial charge in [-0.15, -0.1) is 0 Å². The number of hydrazone groups is 1. The van der Waals surface area contributed by atoms with Gasteiger partial charge in [0.05, 0.1) is 29.6 Å². The topological polar surface area (TPSA) is 106 Å². The van der Waals surface area contributed by atoms with Crippen molar-refractivity contribution in [1.29, 1.82) is 0 Å². The fraction of sp³-hybridized carbons (Fsp3) is 0.280. The van der Waals surface area contributed by atoms with Gasteiger partial charge in [0.25, 0.3) is 11.5 Å². The van der Waals surface area contributed by atoms with Crippen LogP contribution in [0.2, 0.25) is 0 Å². The summed E-state index contributed by atoms with van der Waals surface area (Å²) >= 11 is 0. The van der Waals surface area contributed by atoms with Crippen LogP contribution in [0, 0.1) is 6.92 Å². The summed E-state index contributed by atoms with van der Waals surface area (Å²) < 4.78 is 6.11. The van der Waals surface area contributed by atoms with Crippen molar-refractivity contribution in [2.24, 2.45) is 5.10 Å². The average Bonchev–Trinajstić information content (AvgIpc) is 3.10. The number of carbonyl (C=O) groups excluding carboxylic acids is 2. The number of H-pyrrole nitrogens is 1. The summed E-state index contributed by atoms with van der Waals surface area (Å²) in [7, 11) is 1.29. The number of aromatic amines is 1. The van der Waals surface area contributed by atoms with Crippen LogP contribution in [0.4, 0.5) is 0 Å². The predicted molar refractivity (Wildman–Crippen MR) is 127 cm³/mol. The zero-order valence-electron chi connectivity index (χ0n) is 19.6. The van der Waals surface area contributed by atoms with Gasteiger partial charge < -0.3 is 4.74 Å². The number of nitrogens with one attached hydrogen (secondary N) is 2. The summed E-state index contributed by atoms with van der Waals surface area (Å²) in [5.41, 5.74) is 6.16. The van der Waals surface area contributed by atoms with Crippen molar-refractivity contribution in [2.75, 3.05) is 7.11 Å². The van der Waals surface area contributed by atoms with E-state index >= 15 is 0 Å². The zero-order valence-corrected chi connectivity index (χ0v) is 19.6. The largest absolute Gasteiger partial charge is 0.465 e. The number of ether oxygens (including phenoxy) is 1. The Morgan fingerprint density at radius 2 is 1.58 bits per heavy atom. The van der Waals surface area contributed by atoms with Gasteiger partial charge in [-0.1, -0.05) is 32.9 Å². The maximum absolute atomic E-state index is 13.1. The summed E-state index contributed by atoms with van der Waals surface area (Å²) in [6, 6.07) is 13.8. The number of aromatic nitrogens is 2. The molecule has 8 nitrogen and oxygen atoms in total. The number of amides is 1. The molecule has 0 unspecified atom stereocenters. The molecule has 0 saturated carbocycles. The fourth-order valence-corrected chi connectivity index (χ4v) is 3.40. The molecule has 0 fully saturated rings. The maximum atomic E-state index is 13.1. The van der Waals surface area contributed by atoms with Crippen molar-refractivity contribution in [1.82, 2.24) is 15.2 Å². The number of rotatable bonds is 5. The van der Waals surface area contributed by atoms with Crippen LogP contribution in [-0.4, -0.2) is 34.5 Å². The number of esters is 1. The molecule has 0 aliphatic carbocycles. The number of methoxy groups -OCH3 is 1. The van der Waals surface area contributed by atoms with E-state index in [4.69, 9.17) is 0 Å². The second-order valence-corrected chi connectivity index (χ2v) is 8.76. The predicted octanol–water partition coefficient (Wildman–Crippen LogP) is 3.71. The number of hydrogen-bond acceptors (Lipinski definition) is 5. The van der Waals surface area contributed by atoms with Gasteiger partial charge in [0.1, 0.15) is 0 Å². The van der Waals surface area contributed by atoms with Crippen LogP contribution >= 0.6 is 0 Å². The molecule has 3 aromatic rings. The first-order valence-electron chi connectivity index (χ1n) is 10.5. The second kappa shape index (κ2) is 9.28. The number of benzene rings is 2. The van der Waals surface area contributed by atoms with Crippen molar-refractivity contribution in [3.8, 4) is 5.69 Å². The lowest BCUT2D eigenvalue weighted by molar-refractivity contribution is 0.0600. The molecule has 0 radical (unpaired) electrons. The summed E-state index contributed by atoms with van der Waals surface area (Å²) in [5, 5.41) is 7.19. The molecule has 172 valence electrons. The van der Waals surface area contributed by atoms with Gasteiger partial charge in [-0.05, 0) is 61.2 Å². The summed E-state index contributed by atoms with van der Waals surface area (Å²) in [5.74, 6) is -0.944. The monoisotopic (exact) mass is 448 g/mol. The molecule has 8 heteroatoms. The van der Waals surface area contributed by atoms with E-state index in [1.54, 1.807) is 13.8 Å². The van der Waals surface area contributed by atoms with E-state index in [9.17, 15) is 14.4 Å². The minimum absolute atomic E-state index is 0.0153. The molecule has 0 bridgehead atoms. The number of nitrogens with zero attached hydrogens (tertiary/aromatic N) is 2. The molecule has 0 spiro atoms. The van der Waals surface area contributed by atoms with Crippen molar-refractivity contribution in [3.63, 3.8) is 0 Å². The van der Waals surface area contributed by atoms with Gasteiger partial charge in [0.15, 0.2) is 0 Å². The van der Waals surface area contributed by atoms with Crippen molar-refractivity contribution in [3.05, 3.63) is 86.8 Å². The van der Waals surface area contributed by atoms with Crippen LogP contribution in [-0.2, 0) is 10.2 Å². The van der Waals surface area contributed by atoms with Gasteiger partial charge in [-0.2, -0.15) is 5.10 Å². The fourth-order valence-electron chi connectivity index (χ4n) is 3.40. The first kappa shape index (κ1) is 23.7. The summed E-state index contributed by atoms with van der Waals surface area (Å²) in [6.07, 6.45) is 0. The normalized spacial score (nSPS) is 11.9. The van der Waals surface area contributed by atoms with Gasteiger partial charge in [0, 0.05) is 11.3 Å². The van der Waals surface area contributed by atoms with E-state index in [1.807, 2.05) is 24.3 Å². The van der Waals surface area contributed by atoms with E-state index in [0.717, 1.165) is 0 Å². The third-order valence-corrected chi connectivity index (χ3v) is 5.32. The maximum Gasteiger partial charge on any atom is 0.337 e. The number of aryl methyl sites for hydroxylation is 1. The Kier molecular flexibility index (Phi) is 6.67. The summed E-state index contributed by atoms with van der Waals surface area (Å²) in [6.45, 7) is 9.83. The first-order chi connectivity index (χ1) is 15.5. The molecule has 0 aliphatic rings. The quantitative estimate of drug-likeness (QED) is 0.353. The summed E-state index contributed by atoms with van der Waals surface area (Å²) in [4.78, 5) is 37.0. The van der Waals surface area contributed by atoms with E-state index in [-0.39, 0.29) is 11.0 Å². The standard InChI is InChI=1S/C25H28N4O4/c1-15(26-27-22(30)17-7-9-18(10-8-17)24(32)33-6)21-16(2)28-29(23(21)31)20-13-11-19(12-14-20)25(3,4)5/h7-14,28H,1-6H3,(H,27,30)/b26-15-. The van der Waals surface area contributed by atoms with E-state index < -0.39 is 11.9 Å². The molecule has 0 saturated heterocycles. The molecule has 1 amide bonds. The van der Waals surface area contributed by atoms with Crippen molar-refractivity contribution in [2.45, 2.75) is 40.0 Å². The van der Waals surface area contributed by atoms with Crippen LogP contribution < -0.4 is 11.0 Å². The van der Waals surface area contributed by atoms with E-state index in [1.165, 1.54) is 41.6 Å². The highest BCUT2D eigenvalue weighted by Crippen LogP contribution is 2.23. The minimum Gasteiger partial charge on any atom is -0.465 e. The third-order valence-electron chi connectivity index (χ3n) is 5.32. The number of hydrogen-bond donors (Lipinski definition) is 2. The Balaban J connectivity index is 1.81. The molecule has 2 N–H and O–H groups in total. The molecule has 0 atom stereocenters. The molecule has 3 rings (SSSR count). The lowest BCUT2D eigenvalue weighted by Gasteiger charge is -2.19. The Hall–Kier alpha value is -3.94. The van der Waals surface area contributed by atoms with Crippen LogP contribution in [0.15, 0.2) is 58.4 Å². The molecular formula is C25H28N4O4. The smallest absolute Gasteiger partial charge is 0.337 e. The number of carbonyl (C=O) groups is 2. The molecule has 1 aromatic heterocycles. The van der Waals surface area contributed by atoms with Gasteiger partial charge in [0.2, 0.25) is 0 Å². The SMILES string of the molecule is COC(=O)c1ccc(C(=O)N/N=C(/C)c2c(C)[nH]n(-c3ccc(C(C)(C)C)cc3)c2=O)cc1. The van der Waals surface area contributed by atoms with Crippen LogP contribution in [0.25, 0.3) is 5.69 Å². The zero-order chi connectivity index (χ0) is 24.3. The van der Waals surface area contributed by atoms with Crippen molar-refractivity contribution < 1.29 is 14.3 Å². The Morgan fingerprint density at radius 3 is 2.12 bits per heavy atom.